The van der Waals surface area contributed by atoms with Crippen molar-refractivity contribution in [2.75, 3.05) is 14.2 Å². The molecule has 3 rings (SSSR count). The molecule has 9 nitrogen and oxygen atoms in total. The van der Waals surface area contributed by atoms with Gasteiger partial charge in [0.05, 0.1) is 34.5 Å². The summed E-state index contributed by atoms with van der Waals surface area (Å²) < 4.78 is 17.3. The van der Waals surface area contributed by atoms with Gasteiger partial charge in [-0.05, 0) is 52.4 Å². The molecule has 11 heteroatoms. The van der Waals surface area contributed by atoms with Crippen molar-refractivity contribution in [3.63, 3.8) is 0 Å². The molecule has 1 N–H and O–H groups in total. The monoisotopic (exact) mass is 595 g/mol. The lowest BCUT2D eigenvalue weighted by molar-refractivity contribution is -0.384. The predicted octanol–water partition coefficient (Wildman–Crippen LogP) is 5.21. The van der Waals surface area contributed by atoms with Crippen molar-refractivity contribution < 1.29 is 23.9 Å². The van der Waals surface area contributed by atoms with Gasteiger partial charge in [-0.3, -0.25) is 14.9 Å². The Morgan fingerprint density at radius 2 is 1.88 bits per heavy atom. The molecule has 3 aromatic rings. The van der Waals surface area contributed by atoms with E-state index in [1.165, 1.54) is 32.6 Å². The van der Waals surface area contributed by atoms with Crippen LogP contribution in [0, 0.1) is 13.7 Å². The fourth-order valence-corrected chi connectivity index (χ4v) is 3.90. The molecule has 34 heavy (non-hydrogen) atoms. The van der Waals surface area contributed by atoms with E-state index < -0.39 is 10.8 Å². The number of nitro groups is 1. The number of halogens is 2. The second-order valence-corrected chi connectivity index (χ2v) is 8.32. The van der Waals surface area contributed by atoms with Crippen LogP contribution in [-0.2, 0) is 6.61 Å². The molecule has 0 heterocycles. The van der Waals surface area contributed by atoms with Crippen LogP contribution in [0.1, 0.15) is 21.5 Å². The number of benzene rings is 3. The quantitative estimate of drug-likeness (QED) is 0.157. The second-order valence-electron chi connectivity index (χ2n) is 6.76. The van der Waals surface area contributed by atoms with E-state index in [9.17, 15) is 14.9 Å². The minimum Gasteiger partial charge on any atom is -0.496 e. The third-order valence-electron chi connectivity index (χ3n) is 4.60. The summed E-state index contributed by atoms with van der Waals surface area (Å²) in [6, 6.07) is 14.6. The Hall–Kier alpha value is -3.38. The standard InChI is InChI=1S/C23H19ClIN3O6/c1-32-20-8-7-16(28(30)31)11-17(20)23(29)27-26-12-14-9-19(25)22(21(10-14)33-2)34-13-15-5-3-4-6-18(15)24/h3-12H,13H2,1-2H3,(H,27,29)/b26-12-. The minimum atomic E-state index is -0.654. The molecule has 0 saturated carbocycles. The van der Waals surface area contributed by atoms with E-state index in [1.807, 2.05) is 18.2 Å². The lowest BCUT2D eigenvalue weighted by Gasteiger charge is -2.14. The van der Waals surface area contributed by atoms with Crippen LogP contribution in [0.15, 0.2) is 59.7 Å². The van der Waals surface area contributed by atoms with Gasteiger partial charge in [-0.2, -0.15) is 5.10 Å². The number of non-ortho nitro benzene ring substituents is 1. The third-order valence-corrected chi connectivity index (χ3v) is 5.77. The molecule has 0 aromatic heterocycles. The second kappa shape index (κ2) is 11.7. The number of nitro benzene ring substituents is 1. The van der Waals surface area contributed by atoms with Crippen molar-refractivity contribution in [1.29, 1.82) is 0 Å². The van der Waals surface area contributed by atoms with Crippen molar-refractivity contribution in [3.05, 3.63) is 90.0 Å². The van der Waals surface area contributed by atoms with Gasteiger partial charge in [0, 0.05) is 22.7 Å². The van der Waals surface area contributed by atoms with E-state index in [2.05, 4.69) is 33.1 Å². The van der Waals surface area contributed by atoms with Crippen molar-refractivity contribution >= 4 is 52.0 Å². The molecule has 0 atom stereocenters. The van der Waals surface area contributed by atoms with E-state index in [-0.39, 0.29) is 23.6 Å². The SMILES string of the molecule is COc1ccc([N+](=O)[O-])cc1C(=O)N/N=C\c1cc(I)c(OCc2ccccc2Cl)c(OC)c1. The maximum Gasteiger partial charge on any atom is 0.275 e. The Kier molecular flexibility index (Phi) is 8.66. The molecule has 0 aliphatic heterocycles. The van der Waals surface area contributed by atoms with Crippen LogP contribution in [0.4, 0.5) is 5.69 Å². The van der Waals surface area contributed by atoms with Gasteiger partial charge >= 0.3 is 0 Å². The maximum atomic E-state index is 12.5. The summed E-state index contributed by atoms with van der Waals surface area (Å²) in [5.41, 5.74) is 3.58. The zero-order valence-corrected chi connectivity index (χ0v) is 21.0. The first kappa shape index (κ1) is 25.2. The average Bonchev–Trinajstić information content (AvgIpc) is 2.83. The summed E-state index contributed by atoms with van der Waals surface area (Å²) in [4.78, 5) is 22.9. The number of nitrogens with one attached hydrogen (secondary N) is 1. The van der Waals surface area contributed by atoms with Crippen LogP contribution < -0.4 is 19.6 Å². The molecular weight excluding hydrogens is 577 g/mol. The van der Waals surface area contributed by atoms with Crippen LogP contribution in [0.2, 0.25) is 5.02 Å². The zero-order valence-electron chi connectivity index (χ0n) is 18.1. The van der Waals surface area contributed by atoms with Gasteiger partial charge in [0.25, 0.3) is 11.6 Å². The van der Waals surface area contributed by atoms with Gasteiger partial charge in [0.2, 0.25) is 0 Å². The summed E-state index contributed by atoms with van der Waals surface area (Å²) in [7, 11) is 2.88. The molecule has 3 aromatic carbocycles. The van der Waals surface area contributed by atoms with Crippen LogP contribution in [0.5, 0.6) is 17.2 Å². The Balaban J connectivity index is 1.75. The number of hydrogen-bond acceptors (Lipinski definition) is 7. The van der Waals surface area contributed by atoms with E-state index in [0.717, 1.165) is 15.2 Å². The van der Waals surface area contributed by atoms with E-state index in [4.69, 9.17) is 25.8 Å². The number of methoxy groups -OCH3 is 2. The first-order chi connectivity index (χ1) is 16.3. The lowest BCUT2D eigenvalue weighted by Crippen LogP contribution is -2.18. The van der Waals surface area contributed by atoms with Crippen molar-refractivity contribution in [1.82, 2.24) is 5.43 Å². The Morgan fingerprint density at radius 1 is 1.15 bits per heavy atom. The highest BCUT2D eigenvalue weighted by Gasteiger charge is 2.17. The minimum absolute atomic E-state index is 0.00988. The molecule has 1 amide bonds. The van der Waals surface area contributed by atoms with Gasteiger partial charge < -0.3 is 14.2 Å². The number of ether oxygens (including phenoxy) is 3. The molecule has 0 saturated heterocycles. The number of nitrogens with zero attached hydrogens (tertiary/aromatic N) is 2. The molecular formula is C23H19ClIN3O6. The summed E-state index contributed by atoms with van der Waals surface area (Å²) in [6.45, 7) is 0.264. The number of amides is 1. The molecule has 0 aliphatic carbocycles. The van der Waals surface area contributed by atoms with Crippen molar-refractivity contribution in [3.8, 4) is 17.2 Å². The Morgan fingerprint density at radius 3 is 2.56 bits per heavy atom. The van der Waals surface area contributed by atoms with Gasteiger partial charge in [0.1, 0.15) is 12.4 Å². The van der Waals surface area contributed by atoms with E-state index in [1.54, 1.807) is 18.2 Å². The first-order valence-electron chi connectivity index (χ1n) is 9.73. The number of carbonyl (C=O) groups is 1. The van der Waals surface area contributed by atoms with Gasteiger partial charge in [-0.15, -0.1) is 0 Å². The number of hydrogen-bond donors (Lipinski definition) is 1. The fraction of sp³-hybridized carbons (Fsp3) is 0.130. The van der Waals surface area contributed by atoms with Crippen molar-refractivity contribution in [2.45, 2.75) is 6.61 Å². The molecule has 176 valence electrons. The molecule has 0 spiro atoms. The highest BCUT2D eigenvalue weighted by atomic mass is 127. The molecule has 0 aliphatic rings. The summed E-state index contributed by atoms with van der Waals surface area (Å²) in [5.74, 6) is 0.560. The van der Waals surface area contributed by atoms with Gasteiger partial charge in [-0.25, -0.2) is 5.43 Å². The smallest absolute Gasteiger partial charge is 0.275 e. The van der Waals surface area contributed by atoms with E-state index in [0.29, 0.717) is 22.1 Å². The normalized spacial score (nSPS) is 10.7. The van der Waals surface area contributed by atoms with Crippen molar-refractivity contribution in [2.24, 2.45) is 5.10 Å². The Labute approximate surface area is 214 Å². The molecule has 0 fully saturated rings. The largest absolute Gasteiger partial charge is 0.496 e. The predicted molar refractivity (Wildman–Crippen MR) is 136 cm³/mol. The average molecular weight is 596 g/mol. The van der Waals surface area contributed by atoms with Crippen LogP contribution in [0.3, 0.4) is 0 Å². The summed E-state index contributed by atoms with van der Waals surface area (Å²) in [5, 5.41) is 15.6. The molecule has 0 bridgehead atoms. The molecule has 0 unspecified atom stereocenters. The first-order valence-corrected chi connectivity index (χ1v) is 11.2. The van der Waals surface area contributed by atoms with Gasteiger partial charge in [0.15, 0.2) is 11.5 Å². The van der Waals surface area contributed by atoms with Crippen LogP contribution in [0.25, 0.3) is 0 Å². The molecule has 0 radical (unpaired) electrons. The number of carbonyl (C=O) groups excluding carboxylic acids is 1. The van der Waals surface area contributed by atoms with Crippen LogP contribution >= 0.6 is 34.2 Å². The third kappa shape index (κ3) is 6.14. The maximum absolute atomic E-state index is 12.5. The van der Waals surface area contributed by atoms with E-state index >= 15 is 0 Å². The van der Waals surface area contributed by atoms with Crippen LogP contribution in [-0.4, -0.2) is 31.3 Å². The lowest BCUT2D eigenvalue weighted by atomic mass is 10.1. The highest BCUT2D eigenvalue weighted by Crippen LogP contribution is 2.34. The summed E-state index contributed by atoms with van der Waals surface area (Å²) in [6.07, 6.45) is 1.42. The topological polar surface area (TPSA) is 112 Å². The number of rotatable bonds is 9. The Bertz CT molecular complexity index is 1250. The van der Waals surface area contributed by atoms with Gasteiger partial charge in [-0.1, -0.05) is 29.8 Å². The zero-order chi connectivity index (χ0) is 24.7. The summed E-state index contributed by atoms with van der Waals surface area (Å²) >= 11 is 8.31. The number of hydrazone groups is 1. The fourth-order valence-electron chi connectivity index (χ4n) is 2.93. The highest BCUT2D eigenvalue weighted by molar-refractivity contribution is 14.1.